The van der Waals surface area contributed by atoms with Crippen LogP contribution in [-0.4, -0.2) is 32.6 Å². The molecule has 0 aliphatic carbocycles. The molecule has 1 amide bonds. The zero-order chi connectivity index (χ0) is 19.9. The lowest BCUT2D eigenvalue weighted by Crippen LogP contribution is -2.17. The van der Waals surface area contributed by atoms with Crippen LogP contribution in [0.15, 0.2) is 41.5 Å². The van der Waals surface area contributed by atoms with Crippen molar-refractivity contribution in [3.8, 4) is 23.0 Å². The standard InChI is InChI=1S/C21H24N2O5/c1-14(2)8-9-26-17-6-4-15(10-19(17)25-3)12-22-23-21(24)16-5-7-18-20(11-16)28-13-27-18/h4-7,10-12,14H,8-9,13H2,1-3H3,(H,23,24)/b22-12+. The molecule has 1 aliphatic rings. The first-order chi connectivity index (χ1) is 13.6. The predicted octanol–water partition coefficient (Wildman–Crippen LogP) is 3.61. The molecule has 0 bridgehead atoms. The van der Waals surface area contributed by atoms with Crippen LogP contribution in [0.3, 0.4) is 0 Å². The second-order valence-electron chi connectivity index (χ2n) is 6.71. The van der Waals surface area contributed by atoms with Crippen molar-refractivity contribution >= 4 is 12.1 Å². The van der Waals surface area contributed by atoms with Crippen LogP contribution in [0.2, 0.25) is 0 Å². The van der Waals surface area contributed by atoms with E-state index in [-0.39, 0.29) is 12.7 Å². The Morgan fingerprint density at radius 2 is 2.00 bits per heavy atom. The molecule has 2 aromatic carbocycles. The highest BCUT2D eigenvalue weighted by Crippen LogP contribution is 2.32. The summed E-state index contributed by atoms with van der Waals surface area (Å²) in [6, 6.07) is 10.5. The molecule has 0 spiro atoms. The Balaban J connectivity index is 1.59. The fourth-order valence-electron chi connectivity index (χ4n) is 2.56. The lowest BCUT2D eigenvalue weighted by atomic mass is 10.1. The van der Waals surface area contributed by atoms with Gasteiger partial charge >= 0.3 is 0 Å². The lowest BCUT2D eigenvalue weighted by molar-refractivity contribution is 0.0954. The number of nitrogens with zero attached hydrogens (tertiary/aromatic N) is 1. The van der Waals surface area contributed by atoms with Crippen LogP contribution >= 0.6 is 0 Å². The van der Waals surface area contributed by atoms with Crippen molar-refractivity contribution in [2.45, 2.75) is 20.3 Å². The average molecular weight is 384 g/mol. The summed E-state index contributed by atoms with van der Waals surface area (Å²) >= 11 is 0. The maximum absolute atomic E-state index is 12.2. The first-order valence-electron chi connectivity index (χ1n) is 9.10. The van der Waals surface area contributed by atoms with Crippen LogP contribution in [0.1, 0.15) is 36.2 Å². The minimum absolute atomic E-state index is 0.164. The Labute approximate surface area is 164 Å². The van der Waals surface area contributed by atoms with Crippen LogP contribution in [0.4, 0.5) is 0 Å². The van der Waals surface area contributed by atoms with E-state index in [2.05, 4.69) is 24.4 Å². The van der Waals surface area contributed by atoms with E-state index in [1.54, 1.807) is 37.6 Å². The van der Waals surface area contributed by atoms with Gasteiger partial charge < -0.3 is 18.9 Å². The van der Waals surface area contributed by atoms with Crippen LogP contribution in [0, 0.1) is 5.92 Å². The minimum Gasteiger partial charge on any atom is -0.493 e. The number of nitrogens with one attached hydrogen (secondary N) is 1. The Kier molecular flexibility index (Phi) is 6.37. The van der Waals surface area contributed by atoms with Crippen molar-refractivity contribution in [1.82, 2.24) is 5.43 Å². The maximum atomic E-state index is 12.2. The van der Waals surface area contributed by atoms with Gasteiger partial charge in [-0.25, -0.2) is 5.43 Å². The first kappa shape index (κ1) is 19.5. The smallest absolute Gasteiger partial charge is 0.271 e. The molecule has 0 aromatic heterocycles. The van der Waals surface area contributed by atoms with Crippen molar-refractivity contribution in [1.29, 1.82) is 0 Å². The summed E-state index contributed by atoms with van der Waals surface area (Å²) in [7, 11) is 1.59. The number of ether oxygens (including phenoxy) is 4. The van der Waals surface area contributed by atoms with Crippen molar-refractivity contribution in [3.05, 3.63) is 47.5 Å². The number of fused-ring (bicyclic) bond motifs is 1. The summed E-state index contributed by atoms with van der Waals surface area (Å²) in [5.41, 5.74) is 3.71. The van der Waals surface area contributed by atoms with Crippen LogP contribution in [0.25, 0.3) is 0 Å². The normalized spacial score (nSPS) is 12.4. The topological polar surface area (TPSA) is 78.4 Å². The average Bonchev–Trinajstić information content (AvgIpc) is 3.16. The molecule has 7 heteroatoms. The zero-order valence-electron chi connectivity index (χ0n) is 16.2. The Bertz CT molecular complexity index is 864. The number of carbonyl (C=O) groups is 1. The molecule has 0 unspecified atom stereocenters. The van der Waals surface area contributed by atoms with Gasteiger partial charge in [0.25, 0.3) is 5.91 Å². The number of amides is 1. The van der Waals surface area contributed by atoms with E-state index in [9.17, 15) is 4.79 Å². The van der Waals surface area contributed by atoms with E-state index >= 15 is 0 Å². The molecule has 0 saturated carbocycles. The van der Waals surface area contributed by atoms with Gasteiger partial charge in [0, 0.05) is 5.56 Å². The molecular formula is C21H24N2O5. The summed E-state index contributed by atoms with van der Waals surface area (Å²) in [5, 5.41) is 4.01. The van der Waals surface area contributed by atoms with E-state index in [0.717, 1.165) is 12.0 Å². The van der Waals surface area contributed by atoms with E-state index in [1.165, 1.54) is 0 Å². The fraction of sp³-hybridized carbons (Fsp3) is 0.333. The van der Waals surface area contributed by atoms with Gasteiger partial charge in [-0.15, -0.1) is 0 Å². The molecule has 7 nitrogen and oxygen atoms in total. The van der Waals surface area contributed by atoms with Gasteiger partial charge in [-0.1, -0.05) is 13.8 Å². The summed E-state index contributed by atoms with van der Waals surface area (Å²) in [5.74, 6) is 2.72. The quantitative estimate of drug-likeness (QED) is 0.556. The number of hydrogen-bond acceptors (Lipinski definition) is 6. The van der Waals surface area contributed by atoms with Crippen molar-refractivity contribution in [2.75, 3.05) is 20.5 Å². The number of benzene rings is 2. The molecule has 1 N–H and O–H groups in total. The highest BCUT2D eigenvalue weighted by molar-refractivity contribution is 5.95. The molecule has 3 rings (SSSR count). The fourth-order valence-corrected chi connectivity index (χ4v) is 2.56. The van der Waals surface area contributed by atoms with E-state index in [1.807, 2.05) is 12.1 Å². The Morgan fingerprint density at radius 1 is 1.18 bits per heavy atom. The molecular weight excluding hydrogens is 360 g/mol. The number of rotatable bonds is 8. The zero-order valence-corrected chi connectivity index (χ0v) is 16.2. The van der Waals surface area contributed by atoms with Crippen molar-refractivity contribution < 1.29 is 23.7 Å². The van der Waals surface area contributed by atoms with Crippen LogP contribution in [-0.2, 0) is 0 Å². The van der Waals surface area contributed by atoms with Crippen LogP contribution in [0.5, 0.6) is 23.0 Å². The molecule has 1 heterocycles. The molecule has 0 saturated heterocycles. The first-order valence-corrected chi connectivity index (χ1v) is 9.10. The third kappa shape index (κ3) is 4.94. The summed E-state index contributed by atoms with van der Waals surface area (Å²) in [6.07, 6.45) is 2.52. The highest BCUT2D eigenvalue weighted by Gasteiger charge is 2.15. The number of methoxy groups -OCH3 is 1. The van der Waals surface area contributed by atoms with Gasteiger partial charge in [0.2, 0.25) is 6.79 Å². The SMILES string of the molecule is COc1cc(/C=N/NC(=O)c2ccc3c(c2)OCO3)ccc1OCCC(C)C. The third-order valence-electron chi connectivity index (χ3n) is 4.15. The largest absolute Gasteiger partial charge is 0.493 e. The van der Waals surface area contributed by atoms with Crippen molar-refractivity contribution in [2.24, 2.45) is 11.0 Å². The van der Waals surface area contributed by atoms with Gasteiger partial charge in [0.05, 0.1) is 19.9 Å². The van der Waals surface area contributed by atoms with Gasteiger partial charge in [-0.2, -0.15) is 5.10 Å². The highest BCUT2D eigenvalue weighted by atomic mass is 16.7. The molecule has 0 fully saturated rings. The molecule has 0 radical (unpaired) electrons. The second kappa shape index (κ2) is 9.12. The Hall–Kier alpha value is -3.22. The van der Waals surface area contributed by atoms with E-state index < -0.39 is 0 Å². The minimum atomic E-state index is -0.338. The third-order valence-corrected chi connectivity index (χ3v) is 4.15. The maximum Gasteiger partial charge on any atom is 0.271 e. The van der Waals surface area contributed by atoms with Crippen LogP contribution < -0.4 is 24.4 Å². The molecule has 1 aliphatic heterocycles. The van der Waals surface area contributed by atoms with Crippen molar-refractivity contribution in [3.63, 3.8) is 0 Å². The predicted molar refractivity (Wildman–Crippen MR) is 106 cm³/mol. The number of hydrogen-bond donors (Lipinski definition) is 1. The summed E-state index contributed by atoms with van der Waals surface area (Å²) in [4.78, 5) is 12.2. The second-order valence-corrected chi connectivity index (χ2v) is 6.71. The van der Waals surface area contributed by atoms with Gasteiger partial charge in [-0.3, -0.25) is 4.79 Å². The number of carbonyl (C=O) groups excluding carboxylic acids is 1. The molecule has 148 valence electrons. The molecule has 0 atom stereocenters. The van der Waals surface area contributed by atoms with E-state index in [0.29, 0.717) is 41.1 Å². The van der Waals surface area contributed by atoms with Gasteiger partial charge in [-0.05, 0) is 54.3 Å². The molecule has 2 aromatic rings. The Morgan fingerprint density at radius 3 is 2.79 bits per heavy atom. The van der Waals surface area contributed by atoms with E-state index in [4.69, 9.17) is 18.9 Å². The molecule has 28 heavy (non-hydrogen) atoms. The monoisotopic (exact) mass is 384 g/mol. The number of hydrazone groups is 1. The van der Waals surface area contributed by atoms with Gasteiger partial charge in [0.1, 0.15) is 0 Å². The summed E-state index contributed by atoms with van der Waals surface area (Å²) < 4.78 is 21.7. The summed E-state index contributed by atoms with van der Waals surface area (Å²) in [6.45, 7) is 5.10. The lowest BCUT2D eigenvalue weighted by Gasteiger charge is -2.12. The van der Waals surface area contributed by atoms with Gasteiger partial charge in [0.15, 0.2) is 23.0 Å².